The summed E-state index contributed by atoms with van der Waals surface area (Å²) in [6, 6.07) is 68.2. The van der Waals surface area contributed by atoms with Crippen molar-refractivity contribution >= 4 is 104 Å². The molecule has 0 saturated heterocycles. The van der Waals surface area contributed by atoms with Crippen molar-refractivity contribution in [3.63, 3.8) is 0 Å². The van der Waals surface area contributed by atoms with Crippen molar-refractivity contribution in [2.45, 2.75) is 78.6 Å². The molecule has 0 unspecified atom stereocenters. The molecule has 9 aromatic carbocycles. The molecule has 0 amide bonds. The molecule has 366 valence electrons. The number of benzene rings is 9. The van der Waals surface area contributed by atoms with Crippen LogP contribution in [0.3, 0.4) is 0 Å². The van der Waals surface area contributed by atoms with E-state index in [1.165, 1.54) is 83.6 Å². The van der Waals surface area contributed by atoms with E-state index in [4.69, 9.17) is 4.74 Å². The van der Waals surface area contributed by atoms with Crippen molar-refractivity contribution in [2.75, 3.05) is 21.8 Å². The number of methoxy groups -OCH3 is 1. The predicted octanol–water partition coefficient (Wildman–Crippen LogP) is 13.4. The molecule has 0 N–H and O–H groups in total. The van der Waals surface area contributed by atoms with Crippen LogP contribution in [0.5, 0.6) is 5.75 Å². The first-order valence-corrected chi connectivity index (χ1v) is 26.5. The maximum atomic E-state index is 12.0. The lowest BCUT2D eigenvalue weighted by Gasteiger charge is -2.50. The smallest absolute Gasteiger partial charge is 0.252 e. The van der Waals surface area contributed by atoms with E-state index in [0.717, 1.165) is 51.4 Å². The van der Waals surface area contributed by atoms with Crippen LogP contribution in [0.15, 0.2) is 182 Å². The van der Waals surface area contributed by atoms with Crippen molar-refractivity contribution in [3.05, 3.63) is 204 Å². The highest BCUT2D eigenvalue weighted by molar-refractivity contribution is 7.04. The number of rotatable bonds is 6. The molecular formula is C68H61B2N3O2. The first kappa shape index (κ1) is 46.7. The number of carbonyl (C=O) groups is 1. The van der Waals surface area contributed by atoms with Gasteiger partial charge in [-0.3, -0.25) is 4.79 Å². The monoisotopic (exact) mass is 973 g/mol. The fourth-order valence-electron chi connectivity index (χ4n) is 12.5. The number of aldehydes is 1. The standard InChI is InChI=1S/C68H61B2N3O2/c1-66(2,3)47-25-29-50(30-26-47)71-57-15-12-11-14-53(57)69-55-39-49(68(7,8)9)40-56-65(55)73(62-38-46(37-61(71)64(62)69)44-20-18-42(41-74)19-21-44)59-17-13-16-58-63(59)70(56)54-35-24-45(43-22-33-52(75-10)34-23-43)36-60(54)72(58)51-31-27-48(28-32-51)67(4,5)6/h11-41H,1-10H3. The van der Waals surface area contributed by atoms with Gasteiger partial charge in [0, 0.05) is 56.7 Å². The van der Waals surface area contributed by atoms with E-state index in [2.05, 4.69) is 247 Å². The second-order valence-corrected chi connectivity index (χ2v) is 24.2. The number of hydrogen-bond acceptors (Lipinski definition) is 5. The average molecular weight is 974 g/mol. The maximum Gasteiger partial charge on any atom is 0.252 e. The number of carbonyl (C=O) groups excluding carboxylic acids is 1. The topological polar surface area (TPSA) is 36.0 Å². The van der Waals surface area contributed by atoms with Crippen LogP contribution < -0.4 is 52.2 Å². The number of fused-ring (bicyclic) bond motifs is 8. The largest absolute Gasteiger partial charge is 0.497 e. The van der Waals surface area contributed by atoms with Crippen molar-refractivity contribution in [3.8, 4) is 28.0 Å². The highest BCUT2D eigenvalue weighted by Gasteiger charge is 2.51. The van der Waals surface area contributed by atoms with E-state index >= 15 is 0 Å². The van der Waals surface area contributed by atoms with Crippen LogP contribution in [-0.4, -0.2) is 26.8 Å². The summed E-state index contributed by atoms with van der Waals surface area (Å²) in [5, 5.41) is 0. The molecule has 0 bridgehead atoms. The molecule has 0 atom stereocenters. The first-order chi connectivity index (χ1) is 36.0. The van der Waals surface area contributed by atoms with Gasteiger partial charge in [-0.2, -0.15) is 0 Å². The molecule has 9 aromatic rings. The molecule has 75 heavy (non-hydrogen) atoms. The molecule has 0 saturated carbocycles. The summed E-state index contributed by atoms with van der Waals surface area (Å²) < 4.78 is 5.61. The molecule has 0 radical (unpaired) electrons. The van der Waals surface area contributed by atoms with E-state index in [1.54, 1.807) is 7.11 Å². The van der Waals surface area contributed by atoms with Crippen LogP contribution in [0.4, 0.5) is 51.2 Å². The van der Waals surface area contributed by atoms with Crippen LogP contribution in [0, 0.1) is 0 Å². The SMILES string of the molecule is COc1ccc(-c2ccc3c(c2)N(c2ccc(C(C)(C)C)cc2)c2cccc4c2B3c2cc(C(C)(C)C)cc3c2N4c2cc(-c4ccc(C=O)cc4)cc4c2B3c2ccccc2N4c2ccc(C(C)(C)C)cc2)cc1. The molecule has 0 aliphatic carbocycles. The van der Waals surface area contributed by atoms with E-state index in [0.29, 0.717) is 5.56 Å². The third-order valence-corrected chi connectivity index (χ3v) is 16.5. The lowest BCUT2D eigenvalue weighted by Crippen LogP contribution is -2.68. The molecule has 4 aliphatic rings. The second-order valence-electron chi connectivity index (χ2n) is 24.2. The van der Waals surface area contributed by atoms with Gasteiger partial charge in [-0.05, 0) is 161 Å². The molecule has 4 heterocycles. The van der Waals surface area contributed by atoms with Gasteiger partial charge in [0.25, 0.3) is 13.4 Å². The average Bonchev–Trinajstić information content (AvgIpc) is 3.55. The fraction of sp³-hybridized carbons (Fsp3) is 0.191. The first-order valence-electron chi connectivity index (χ1n) is 26.5. The van der Waals surface area contributed by atoms with E-state index in [9.17, 15) is 4.79 Å². The van der Waals surface area contributed by atoms with Crippen LogP contribution in [0.2, 0.25) is 0 Å². The van der Waals surface area contributed by atoms with E-state index in [-0.39, 0.29) is 29.7 Å². The zero-order chi connectivity index (χ0) is 51.9. The number of ether oxygens (including phenoxy) is 1. The van der Waals surface area contributed by atoms with Gasteiger partial charge in [0.1, 0.15) is 12.0 Å². The molecule has 0 fully saturated rings. The Bertz CT molecular complexity index is 3790. The van der Waals surface area contributed by atoms with Crippen LogP contribution in [0.25, 0.3) is 22.3 Å². The number of para-hydroxylation sites is 1. The Morgan fingerprint density at radius 2 is 0.840 bits per heavy atom. The summed E-state index contributed by atoms with van der Waals surface area (Å²) >= 11 is 0. The van der Waals surface area contributed by atoms with Crippen LogP contribution in [0.1, 0.15) is 89.4 Å². The zero-order valence-electron chi connectivity index (χ0n) is 44.7. The van der Waals surface area contributed by atoms with Gasteiger partial charge in [0.2, 0.25) is 0 Å². The third kappa shape index (κ3) is 7.33. The Morgan fingerprint density at radius 3 is 1.40 bits per heavy atom. The van der Waals surface area contributed by atoms with Gasteiger partial charge < -0.3 is 19.4 Å². The number of hydrogen-bond donors (Lipinski definition) is 0. The highest BCUT2D eigenvalue weighted by atomic mass is 16.5. The van der Waals surface area contributed by atoms with Gasteiger partial charge in [-0.25, -0.2) is 0 Å². The molecule has 13 rings (SSSR count). The van der Waals surface area contributed by atoms with Gasteiger partial charge in [0.05, 0.1) is 7.11 Å². The van der Waals surface area contributed by atoms with Gasteiger partial charge in [-0.1, -0.05) is 172 Å². The Kier molecular flexibility index (Phi) is 10.4. The minimum absolute atomic E-state index is 0.00531. The summed E-state index contributed by atoms with van der Waals surface area (Å²) in [5.41, 5.74) is 27.3. The van der Waals surface area contributed by atoms with Crippen LogP contribution >= 0.6 is 0 Å². The maximum absolute atomic E-state index is 12.0. The van der Waals surface area contributed by atoms with Gasteiger partial charge in [0.15, 0.2) is 0 Å². The molecule has 7 heteroatoms. The Hall–Kier alpha value is -8.02. The summed E-state index contributed by atoms with van der Waals surface area (Å²) in [4.78, 5) is 19.7. The van der Waals surface area contributed by atoms with Crippen molar-refractivity contribution in [1.82, 2.24) is 0 Å². The van der Waals surface area contributed by atoms with E-state index in [1.807, 2.05) is 12.1 Å². The van der Waals surface area contributed by atoms with Crippen molar-refractivity contribution < 1.29 is 9.53 Å². The van der Waals surface area contributed by atoms with Gasteiger partial charge in [-0.15, -0.1) is 0 Å². The van der Waals surface area contributed by atoms with E-state index < -0.39 is 0 Å². The minimum atomic E-state index is -0.150. The van der Waals surface area contributed by atoms with Crippen LogP contribution in [-0.2, 0) is 16.2 Å². The lowest BCUT2D eigenvalue weighted by atomic mass is 9.29. The Labute approximate surface area is 443 Å². The highest BCUT2D eigenvalue weighted by Crippen LogP contribution is 2.50. The summed E-state index contributed by atoms with van der Waals surface area (Å²) in [5.74, 6) is 0.841. The van der Waals surface area contributed by atoms with Crippen molar-refractivity contribution in [2.24, 2.45) is 0 Å². The van der Waals surface area contributed by atoms with Crippen molar-refractivity contribution in [1.29, 1.82) is 0 Å². The number of anilines is 9. The Balaban J connectivity index is 1.13. The summed E-state index contributed by atoms with van der Waals surface area (Å²) in [6.07, 6.45) is 0.929. The predicted molar refractivity (Wildman–Crippen MR) is 319 cm³/mol. The number of nitrogens with zero attached hydrogens (tertiary/aromatic N) is 3. The quantitative estimate of drug-likeness (QED) is 0.123. The summed E-state index contributed by atoms with van der Waals surface area (Å²) in [7, 11) is 1.72. The second kappa shape index (κ2) is 16.7. The molecule has 0 aromatic heterocycles. The van der Waals surface area contributed by atoms with Gasteiger partial charge >= 0.3 is 0 Å². The zero-order valence-corrected chi connectivity index (χ0v) is 44.7. The molecular weight excluding hydrogens is 912 g/mol. The normalized spacial score (nSPS) is 13.9. The summed E-state index contributed by atoms with van der Waals surface area (Å²) in [6.45, 7) is 20.7. The Morgan fingerprint density at radius 1 is 0.387 bits per heavy atom. The third-order valence-electron chi connectivity index (χ3n) is 16.5. The molecule has 5 nitrogen and oxygen atoms in total. The molecule has 0 spiro atoms. The molecule has 4 aliphatic heterocycles. The fourth-order valence-corrected chi connectivity index (χ4v) is 12.5. The lowest BCUT2D eigenvalue weighted by molar-refractivity contribution is 0.112. The minimum Gasteiger partial charge on any atom is -0.497 e.